The third kappa shape index (κ3) is 2.71. The van der Waals surface area contributed by atoms with Crippen LogP contribution in [0.15, 0.2) is 11.3 Å². The molecule has 138 valence electrons. The summed E-state index contributed by atoms with van der Waals surface area (Å²) in [7, 11) is -1.73. The lowest BCUT2D eigenvalue weighted by molar-refractivity contribution is -0.143. The SMILES string of the molecule is CCCCC[C@H]1OC(=O)[C@@H]2C([Si](C(C)C)(C(C)C)C(C)C)=C[C@@]21C. The number of fused-ring (bicyclic) bond motifs is 1. The molecule has 1 aliphatic heterocycles. The number of carbonyl (C=O) groups excluding carboxylic acids is 1. The average molecular weight is 351 g/mol. The Kier molecular flexibility index (Phi) is 5.74. The summed E-state index contributed by atoms with van der Waals surface area (Å²) in [6.07, 6.45) is 7.23. The lowest BCUT2D eigenvalue weighted by atomic mass is 9.65. The summed E-state index contributed by atoms with van der Waals surface area (Å²) in [4.78, 5) is 12.8. The first kappa shape index (κ1) is 19.7. The van der Waals surface area contributed by atoms with Gasteiger partial charge in [-0.05, 0) is 29.5 Å². The Balaban J connectivity index is 2.37. The van der Waals surface area contributed by atoms with E-state index in [1.807, 2.05) is 0 Å². The molecule has 1 fully saturated rings. The van der Waals surface area contributed by atoms with Crippen LogP contribution in [0.25, 0.3) is 0 Å². The highest BCUT2D eigenvalue weighted by Crippen LogP contribution is 2.62. The van der Waals surface area contributed by atoms with Crippen molar-refractivity contribution in [3.05, 3.63) is 11.3 Å². The van der Waals surface area contributed by atoms with E-state index in [9.17, 15) is 4.79 Å². The van der Waals surface area contributed by atoms with Crippen molar-refractivity contribution < 1.29 is 9.53 Å². The van der Waals surface area contributed by atoms with Gasteiger partial charge in [-0.25, -0.2) is 0 Å². The van der Waals surface area contributed by atoms with E-state index in [4.69, 9.17) is 4.74 Å². The molecule has 0 aromatic heterocycles. The zero-order chi connectivity index (χ0) is 18.3. The second-order valence-corrected chi connectivity index (χ2v) is 15.1. The van der Waals surface area contributed by atoms with Crippen LogP contribution >= 0.6 is 0 Å². The summed E-state index contributed by atoms with van der Waals surface area (Å²) >= 11 is 0. The minimum absolute atomic E-state index is 0.0444. The molecule has 1 saturated heterocycles. The van der Waals surface area contributed by atoms with Crippen LogP contribution < -0.4 is 0 Å². The Labute approximate surface area is 150 Å². The van der Waals surface area contributed by atoms with Crippen LogP contribution in [0.1, 0.15) is 81.1 Å². The summed E-state index contributed by atoms with van der Waals surface area (Å²) in [5, 5.41) is 1.51. The maximum Gasteiger partial charge on any atom is 0.314 e. The molecule has 0 aromatic rings. The van der Waals surface area contributed by atoms with E-state index >= 15 is 0 Å². The number of rotatable bonds is 8. The maximum absolute atomic E-state index is 12.8. The Morgan fingerprint density at radius 3 is 2.08 bits per heavy atom. The van der Waals surface area contributed by atoms with Gasteiger partial charge >= 0.3 is 5.97 Å². The molecule has 0 bridgehead atoms. The Morgan fingerprint density at radius 2 is 1.62 bits per heavy atom. The van der Waals surface area contributed by atoms with Crippen molar-refractivity contribution in [1.29, 1.82) is 0 Å². The van der Waals surface area contributed by atoms with Crippen LogP contribution in [0, 0.1) is 11.3 Å². The Bertz CT molecular complexity index is 484. The number of unbranched alkanes of at least 4 members (excludes halogenated alkanes) is 2. The molecule has 2 aliphatic rings. The molecule has 0 amide bonds. The first-order valence-electron chi connectivity index (χ1n) is 10.1. The van der Waals surface area contributed by atoms with Crippen molar-refractivity contribution in [3.8, 4) is 0 Å². The summed E-state index contributed by atoms with van der Waals surface area (Å²) < 4.78 is 5.89. The van der Waals surface area contributed by atoms with Gasteiger partial charge in [0.1, 0.15) is 6.10 Å². The van der Waals surface area contributed by atoms with Gasteiger partial charge in [0.25, 0.3) is 0 Å². The zero-order valence-corrected chi connectivity index (χ0v) is 18.1. The lowest BCUT2D eigenvalue weighted by Crippen LogP contribution is -2.56. The molecule has 2 rings (SSSR count). The molecule has 2 nitrogen and oxygen atoms in total. The molecule has 0 radical (unpaired) electrons. The average Bonchev–Trinajstić information content (AvgIpc) is 2.62. The van der Waals surface area contributed by atoms with Gasteiger partial charge in [-0.1, -0.05) is 79.5 Å². The number of ether oxygens (including phenoxy) is 1. The van der Waals surface area contributed by atoms with Crippen LogP contribution in [-0.2, 0) is 9.53 Å². The Hall–Kier alpha value is -0.573. The molecule has 3 atom stereocenters. The van der Waals surface area contributed by atoms with E-state index in [0.717, 1.165) is 6.42 Å². The molecule has 1 heterocycles. The topological polar surface area (TPSA) is 26.3 Å². The van der Waals surface area contributed by atoms with E-state index in [2.05, 4.69) is 61.5 Å². The highest BCUT2D eigenvalue weighted by atomic mass is 28.3. The zero-order valence-electron chi connectivity index (χ0n) is 17.1. The normalized spacial score (nSPS) is 29.8. The monoisotopic (exact) mass is 350 g/mol. The van der Waals surface area contributed by atoms with Crippen molar-refractivity contribution in [2.75, 3.05) is 0 Å². The fraction of sp³-hybridized carbons (Fsp3) is 0.857. The quantitative estimate of drug-likeness (QED) is 0.293. The predicted molar refractivity (Wildman–Crippen MR) is 105 cm³/mol. The number of cyclic esters (lactones) is 1. The highest BCUT2D eigenvalue weighted by Gasteiger charge is 2.65. The van der Waals surface area contributed by atoms with E-state index in [1.165, 1.54) is 24.5 Å². The number of hydrogen-bond donors (Lipinski definition) is 0. The first-order valence-corrected chi connectivity index (χ1v) is 12.3. The third-order valence-corrected chi connectivity index (χ3v) is 14.2. The van der Waals surface area contributed by atoms with Crippen LogP contribution in [0.2, 0.25) is 16.6 Å². The minimum atomic E-state index is -1.73. The molecular weight excluding hydrogens is 312 g/mol. The van der Waals surface area contributed by atoms with Crippen molar-refractivity contribution >= 4 is 14.0 Å². The minimum Gasteiger partial charge on any atom is -0.461 e. The summed E-state index contributed by atoms with van der Waals surface area (Å²) in [5.41, 5.74) is 1.91. The first-order chi connectivity index (χ1) is 11.1. The smallest absolute Gasteiger partial charge is 0.314 e. The largest absolute Gasteiger partial charge is 0.461 e. The molecule has 0 N–H and O–H groups in total. The van der Waals surface area contributed by atoms with Crippen LogP contribution in [0.3, 0.4) is 0 Å². The molecular formula is C21H38O2Si. The third-order valence-electron chi connectivity index (χ3n) is 7.02. The lowest BCUT2D eigenvalue weighted by Gasteiger charge is -2.54. The summed E-state index contributed by atoms with van der Waals surface area (Å²) in [5.74, 6) is 0.110. The maximum atomic E-state index is 12.8. The second kappa shape index (κ2) is 6.97. The fourth-order valence-corrected chi connectivity index (χ4v) is 13.6. The van der Waals surface area contributed by atoms with Crippen molar-refractivity contribution in [3.63, 3.8) is 0 Å². The van der Waals surface area contributed by atoms with E-state index in [-0.39, 0.29) is 23.4 Å². The standard InChI is InChI=1S/C21H38O2Si/c1-9-10-11-12-18-21(8)13-17(19(21)20(22)23-18)24(14(2)3,15(4)5)16(6)7/h13-16,18-19H,9-12H2,1-8H3/t18-,19+,21-/m1/s1. The summed E-state index contributed by atoms with van der Waals surface area (Å²) in [6, 6.07) is 0. The molecule has 3 heteroatoms. The van der Waals surface area contributed by atoms with Gasteiger partial charge in [0.2, 0.25) is 0 Å². The number of hydrogen-bond acceptors (Lipinski definition) is 2. The molecule has 0 aromatic carbocycles. The van der Waals surface area contributed by atoms with Crippen molar-refractivity contribution in [1.82, 2.24) is 0 Å². The van der Waals surface area contributed by atoms with E-state index in [0.29, 0.717) is 16.6 Å². The van der Waals surface area contributed by atoms with Crippen LogP contribution in [0.5, 0.6) is 0 Å². The van der Waals surface area contributed by atoms with E-state index < -0.39 is 8.07 Å². The predicted octanol–water partition coefficient (Wildman–Crippen LogP) is 6.27. The molecule has 0 saturated carbocycles. The molecule has 0 unspecified atom stereocenters. The highest BCUT2D eigenvalue weighted by molar-refractivity contribution is 6.90. The van der Waals surface area contributed by atoms with Crippen molar-refractivity contribution in [2.45, 2.75) is 104 Å². The second-order valence-electron chi connectivity index (χ2n) is 9.22. The molecule has 24 heavy (non-hydrogen) atoms. The fourth-order valence-electron chi connectivity index (χ4n) is 6.06. The summed E-state index contributed by atoms with van der Waals surface area (Å²) in [6.45, 7) is 18.7. The van der Waals surface area contributed by atoms with Gasteiger partial charge in [-0.2, -0.15) is 0 Å². The number of carbonyl (C=O) groups is 1. The molecule has 1 aliphatic carbocycles. The van der Waals surface area contributed by atoms with Gasteiger partial charge < -0.3 is 4.74 Å². The van der Waals surface area contributed by atoms with E-state index in [1.54, 1.807) is 0 Å². The van der Waals surface area contributed by atoms with Crippen molar-refractivity contribution in [2.24, 2.45) is 11.3 Å². The van der Waals surface area contributed by atoms with Crippen LogP contribution in [0.4, 0.5) is 0 Å². The van der Waals surface area contributed by atoms with Gasteiger partial charge in [0, 0.05) is 5.41 Å². The van der Waals surface area contributed by atoms with Gasteiger partial charge in [0.05, 0.1) is 14.0 Å². The Morgan fingerprint density at radius 1 is 1.08 bits per heavy atom. The molecule has 0 spiro atoms. The van der Waals surface area contributed by atoms with Gasteiger partial charge in [0.15, 0.2) is 0 Å². The van der Waals surface area contributed by atoms with Crippen LogP contribution in [-0.4, -0.2) is 20.1 Å². The van der Waals surface area contributed by atoms with Gasteiger partial charge in [-0.15, -0.1) is 0 Å². The number of esters is 1. The van der Waals surface area contributed by atoms with Gasteiger partial charge in [-0.3, -0.25) is 4.79 Å².